The van der Waals surface area contributed by atoms with Crippen molar-refractivity contribution < 1.29 is 18.3 Å². The van der Waals surface area contributed by atoms with Gasteiger partial charge in [0.1, 0.15) is 6.10 Å². The first-order valence-corrected chi connectivity index (χ1v) is 4.85. The monoisotopic (exact) mass is 269 g/mol. The SMILES string of the molecule is OC(CBr)c1ncccc1C(F)(F)F. The van der Waals surface area contributed by atoms with Crippen LogP contribution in [-0.4, -0.2) is 15.4 Å². The lowest BCUT2D eigenvalue weighted by Crippen LogP contribution is -2.14. The fourth-order valence-corrected chi connectivity index (χ4v) is 1.30. The van der Waals surface area contributed by atoms with Crippen LogP contribution in [0.25, 0.3) is 0 Å². The second-order valence-electron chi connectivity index (χ2n) is 2.60. The molecule has 1 aromatic heterocycles. The molecular formula is C8H7BrF3NO. The van der Waals surface area contributed by atoms with Crippen LogP contribution in [0.2, 0.25) is 0 Å². The van der Waals surface area contributed by atoms with Crippen molar-refractivity contribution in [3.05, 3.63) is 29.6 Å². The molecule has 1 atom stereocenters. The fraction of sp³-hybridized carbons (Fsp3) is 0.375. The van der Waals surface area contributed by atoms with Crippen LogP contribution in [-0.2, 0) is 6.18 Å². The van der Waals surface area contributed by atoms with E-state index >= 15 is 0 Å². The largest absolute Gasteiger partial charge is 0.418 e. The summed E-state index contributed by atoms with van der Waals surface area (Å²) in [6, 6.07) is 2.08. The fourth-order valence-electron chi connectivity index (χ4n) is 0.996. The summed E-state index contributed by atoms with van der Waals surface area (Å²) in [6.07, 6.45) is -4.50. The standard InChI is InChI=1S/C8H7BrF3NO/c9-4-6(14)7-5(8(10,11)12)2-1-3-13-7/h1-3,6,14H,4H2. The Morgan fingerprint density at radius 2 is 2.14 bits per heavy atom. The van der Waals surface area contributed by atoms with E-state index in [9.17, 15) is 18.3 Å². The third-order valence-electron chi connectivity index (χ3n) is 1.61. The van der Waals surface area contributed by atoms with E-state index in [0.717, 1.165) is 6.07 Å². The number of aliphatic hydroxyl groups is 1. The maximum Gasteiger partial charge on any atom is 0.418 e. The summed E-state index contributed by atoms with van der Waals surface area (Å²) in [5.74, 6) is 0. The Morgan fingerprint density at radius 1 is 1.50 bits per heavy atom. The van der Waals surface area contributed by atoms with Crippen molar-refractivity contribution >= 4 is 15.9 Å². The summed E-state index contributed by atoms with van der Waals surface area (Å²) in [5.41, 5.74) is -1.25. The van der Waals surface area contributed by atoms with E-state index < -0.39 is 17.8 Å². The molecule has 1 aromatic rings. The maximum absolute atomic E-state index is 12.4. The highest BCUT2D eigenvalue weighted by Gasteiger charge is 2.35. The first kappa shape index (κ1) is 11.5. The van der Waals surface area contributed by atoms with E-state index in [1.54, 1.807) is 0 Å². The molecule has 1 rings (SSSR count). The van der Waals surface area contributed by atoms with Gasteiger partial charge in [-0.2, -0.15) is 13.2 Å². The summed E-state index contributed by atoms with van der Waals surface area (Å²) in [7, 11) is 0. The first-order chi connectivity index (χ1) is 6.46. The summed E-state index contributed by atoms with van der Waals surface area (Å²) in [4.78, 5) is 3.52. The van der Waals surface area contributed by atoms with Crippen molar-refractivity contribution in [3.8, 4) is 0 Å². The average molecular weight is 270 g/mol. The van der Waals surface area contributed by atoms with E-state index in [1.165, 1.54) is 12.3 Å². The van der Waals surface area contributed by atoms with Gasteiger partial charge in [0.05, 0.1) is 11.3 Å². The molecule has 6 heteroatoms. The van der Waals surface area contributed by atoms with Crippen LogP contribution in [0.4, 0.5) is 13.2 Å². The van der Waals surface area contributed by atoms with Gasteiger partial charge < -0.3 is 5.11 Å². The van der Waals surface area contributed by atoms with Crippen molar-refractivity contribution in [2.75, 3.05) is 5.33 Å². The molecule has 2 nitrogen and oxygen atoms in total. The zero-order chi connectivity index (χ0) is 10.8. The average Bonchev–Trinajstić information content (AvgIpc) is 2.15. The molecule has 0 spiro atoms. The van der Waals surface area contributed by atoms with Crippen LogP contribution in [0.5, 0.6) is 0 Å². The van der Waals surface area contributed by atoms with Crippen LogP contribution < -0.4 is 0 Å². The molecule has 0 saturated heterocycles. The zero-order valence-electron chi connectivity index (χ0n) is 6.92. The van der Waals surface area contributed by atoms with E-state index in [1.807, 2.05) is 0 Å². The van der Waals surface area contributed by atoms with Crippen LogP contribution in [0.3, 0.4) is 0 Å². The first-order valence-electron chi connectivity index (χ1n) is 3.73. The number of aromatic nitrogens is 1. The van der Waals surface area contributed by atoms with Crippen LogP contribution in [0, 0.1) is 0 Å². The number of pyridine rings is 1. The van der Waals surface area contributed by atoms with Crippen molar-refractivity contribution in [1.29, 1.82) is 0 Å². The number of alkyl halides is 4. The van der Waals surface area contributed by atoms with E-state index in [2.05, 4.69) is 20.9 Å². The summed E-state index contributed by atoms with van der Waals surface area (Å²) in [5, 5.41) is 9.28. The van der Waals surface area contributed by atoms with Crippen molar-refractivity contribution in [2.45, 2.75) is 12.3 Å². The number of halogens is 4. The maximum atomic E-state index is 12.4. The Bertz CT molecular complexity index is 316. The molecule has 78 valence electrons. The van der Waals surface area contributed by atoms with Gasteiger partial charge in [-0.25, -0.2) is 0 Å². The highest BCUT2D eigenvalue weighted by atomic mass is 79.9. The molecule has 0 aliphatic rings. The number of rotatable bonds is 2. The van der Waals surface area contributed by atoms with Crippen LogP contribution in [0.15, 0.2) is 18.3 Å². The molecule has 0 bridgehead atoms. The Labute approximate surface area is 86.9 Å². The number of hydrogen-bond donors (Lipinski definition) is 1. The van der Waals surface area contributed by atoms with Crippen molar-refractivity contribution in [1.82, 2.24) is 4.98 Å². The highest BCUT2D eigenvalue weighted by molar-refractivity contribution is 9.09. The molecule has 0 aliphatic heterocycles. The smallest absolute Gasteiger partial charge is 0.386 e. The van der Waals surface area contributed by atoms with Gasteiger partial charge in [-0.15, -0.1) is 0 Å². The van der Waals surface area contributed by atoms with E-state index in [4.69, 9.17) is 0 Å². The van der Waals surface area contributed by atoms with Gasteiger partial charge in [-0.1, -0.05) is 15.9 Å². The zero-order valence-corrected chi connectivity index (χ0v) is 8.51. The van der Waals surface area contributed by atoms with Gasteiger partial charge in [0.25, 0.3) is 0 Å². The number of aliphatic hydroxyl groups excluding tert-OH is 1. The quantitative estimate of drug-likeness (QED) is 0.838. The van der Waals surface area contributed by atoms with Crippen LogP contribution >= 0.6 is 15.9 Å². The summed E-state index contributed by atoms with van der Waals surface area (Å²) < 4.78 is 37.1. The highest BCUT2D eigenvalue weighted by Crippen LogP contribution is 2.33. The molecule has 0 aromatic carbocycles. The van der Waals surface area contributed by atoms with Crippen molar-refractivity contribution in [2.24, 2.45) is 0 Å². The molecule has 1 unspecified atom stereocenters. The Kier molecular flexibility index (Phi) is 3.49. The Morgan fingerprint density at radius 3 is 2.64 bits per heavy atom. The molecule has 0 radical (unpaired) electrons. The number of hydrogen-bond acceptors (Lipinski definition) is 2. The molecule has 0 aliphatic carbocycles. The lowest BCUT2D eigenvalue weighted by Gasteiger charge is -2.14. The lowest BCUT2D eigenvalue weighted by molar-refractivity contribution is -0.139. The molecule has 0 amide bonds. The molecule has 1 N–H and O–H groups in total. The van der Waals surface area contributed by atoms with Gasteiger partial charge in [0.15, 0.2) is 0 Å². The van der Waals surface area contributed by atoms with E-state index in [0.29, 0.717) is 0 Å². The third-order valence-corrected chi connectivity index (χ3v) is 2.22. The van der Waals surface area contributed by atoms with Gasteiger partial charge in [0, 0.05) is 11.5 Å². The Balaban J connectivity index is 3.16. The molecule has 1 heterocycles. The molecular weight excluding hydrogens is 263 g/mol. The second kappa shape index (κ2) is 4.27. The minimum absolute atomic E-state index is 0.0209. The predicted molar refractivity (Wildman–Crippen MR) is 48.0 cm³/mol. The topological polar surface area (TPSA) is 33.1 Å². The second-order valence-corrected chi connectivity index (χ2v) is 3.25. The molecule has 0 saturated carbocycles. The van der Waals surface area contributed by atoms with Gasteiger partial charge in [-0.05, 0) is 12.1 Å². The number of nitrogens with zero attached hydrogens (tertiary/aromatic N) is 1. The minimum atomic E-state index is -4.48. The predicted octanol–water partition coefficient (Wildman–Crippen LogP) is 2.53. The minimum Gasteiger partial charge on any atom is -0.386 e. The lowest BCUT2D eigenvalue weighted by atomic mass is 10.1. The third kappa shape index (κ3) is 2.45. The normalized spacial score (nSPS) is 14.1. The summed E-state index contributed by atoms with van der Waals surface area (Å²) in [6.45, 7) is 0. The van der Waals surface area contributed by atoms with Gasteiger partial charge in [-0.3, -0.25) is 4.98 Å². The summed E-state index contributed by atoms with van der Waals surface area (Å²) >= 11 is 2.90. The van der Waals surface area contributed by atoms with Gasteiger partial charge in [0.2, 0.25) is 0 Å². The van der Waals surface area contributed by atoms with Gasteiger partial charge >= 0.3 is 6.18 Å². The van der Waals surface area contributed by atoms with Crippen LogP contribution in [0.1, 0.15) is 17.4 Å². The van der Waals surface area contributed by atoms with E-state index in [-0.39, 0.29) is 11.0 Å². The van der Waals surface area contributed by atoms with Crippen molar-refractivity contribution in [3.63, 3.8) is 0 Å². The molecule has 0 fully saturated rings. The molecule has 14 heavy (non-hydrogen) atoms. The Hall–Kier alpha value is -0.620.